The molecule has 0 radical (unpaired) electrons. The van der Waals surface area contributed by atoms with Crippen LogP contribution in [0, 0.1) is 0 Å². The van der Waals surface area contributed by atoms with Crippen molar-refractivity contribution in [2.24, 2.45) is 20.4 Å². The second kappa shape index (κ2) is 11.3. The Hall–Kier alpha value is -2.46. The summed E-state index contributed by atoms with van der Waals surface area (Å²) in [5.74, 6) is 1.57. The van der Waals surface area contributed by atoms with Gasteiger partial charge in [-0.15, -0.1) is 35.5 Å². The molecule has 0 fully saturated rings. The molecule has 2 heterocycles. The van der Waals surface area contributed by atoms with Crippen LogP contribution in [0.4, 0.5) is 0 Å². The molecule has 0 aliphatic heterocycles. The van der Waals surface area contributed by atoms with Gasteiger partial charge in [0.05, 0.1) is 37.0 Å². The first-order chi connectivity index (χ1) is 13.1. The van der Waals surface area contributed by atoms with Gasteiger partial charge in [0, 0.05) is 0 Å². The summed E-state index contributed by atoms with van der Waals surface area (Å²) in [6, 6.07) is 7.35. The zero-order valence-electron chi connectivity index (χ0n) is 15.1. The number of nitrogens with one attached hydrogen (secondary N) is 2. The zero-order chi connectivity index (χ0) is 19.5. The highest BCUT2D eigenvalue weighted by Gasteiger charge is 2.03. The predicted molar refractivity (Wildman–Crippen MR) is 115 cm³/mol. The van der Waals surface area contributed by atoms with Gasteiger partial charge in [-0.2, -0.15) is 10.2 Å². The molecule has 0 aliphatic rings. The minimum Gasteiger partial charge on any atom is -0.467 e. The lowest BCUT2D eigenvalue weighted by Gasteiger charge is -2.03. The highest BCUT2D eigenvalue weighted by Crippen LogP contribution is 2.01. The molecule has 2 rings (SSSR count). The molecule has 0 amide bonds. The molecule has 0 atom stereocenters. The Balaban J connectivity index is 1.90. The largest absolute Gasteiger partial charge is 0.467 e. The molecular formula is C17H22N6O2S2. The quantitative estimate of drug-likeness (QED) is 0.233. The van der Waals surface area contributed by atoms with Crippen LogP contribution in [0.15, 0.2) is 66.0 Å². The summed E-state index contributed by atoms with van der Waals surface area (Å²) >= 11 is 8.50. The van der Waals surface area contributed by atoms with E-state index in [0.29, 0.717) is 41.3 Å². The Morgan fingerprint density at radius 2 is 1.41 bits per heavy atom. The number of thiol groups is 2. The molecule has 2 N–H and O–H groups in total. The lowest BCUT2D eigenvalue weighted by atomic mass is 10.2. The smallest absolute Gasteiger partial charge is 0.180 e. The molecular weight excluding hydrogens is 384 g/mol. The van der Waals surface area contributed by atoms with Gasteiger partial charge in [0.1, 0.15) is 11.5 Å². The second-order valence-corrected chi connectivity index (χ2v) is 6.15. The Kier molecular flexibility index (Phi) is 8.72. The Bertz CT molecular complexity index is 811. The molecule has 2 aromatic rings. The summed E-state index contributed by atoms with van der Waals surface area (Å²) < 4.78 is 10.4. The van der Waals surface area contributed by atoms with Crippen molar-refractivity contribution in [2.45, 2.75) is 33.4 Å². The number of amidine groups is 2. The third-order valence-corrected chi connectivity index (χ3v) is 3.81. The van der Waals surface area contributed by atoms with E-state index in [1.165, 1.54) is 0 Å². The SMILES string of the molecule is CCC(=N\N=C(/S)NCc1ccco1)/C(C)=N/N=C(\S)NCc1ccco1. The lowest BCUT2D eigenvalue weighted by molar-refractivity contribution is 0.503. The Morgan fingerprint density at radius 1 is 0.889 bits per heavy atom. The minimum absolute atomic E-state index is 0.375. The molecule has 144 valence electrons. The topological polar surface area (TPSA) is 99.8 Å². The third kappa shape index (κ3) is 7.75. The summed E-state index contributed by atoms with van der Waals surface area (Å²) in [5, 5.41) is 23.1. The van der Waals surface area contributed by atoms with Crippen molar-refractivity contribution in [3.05, 3.63) is 48.3 Å². The van der Waals surface area contributed by atoms with Crippen LogP contribution in [-0.4, -0.2) is 21.8 Å². The van der Waals surface area contributed by atoms with Gasteiger partial charge >= 0.3 is 0 Å². The van der Waals surface area contributed by atoms with Gasteiger partial charge in [-0.05, 0) is 37.6 Å². The van der Waals surface area contributed by atoms with Crippen LogP contribution in [0.1, 0.15) is 31.8 Å². The molecule has 10 heteroatoms. The van der Waals surface area contributed by atoms with Crippen molar-refractivity contribution in [3.8, 4) is 0 Å². The van der Waals surface area contributed by atoms with Gasteiger partial charge in [-0.3, -0.25) is 0 Å². The zero-order valence-corrected chi connectivity index (χ0v) is 16.9. The molecule has 0 unspecified atom stereocenters. The second-order valence-electron chi connectivity index (χ2n) is 5.30. The summed E-state index contributed by atoms with van der Waals surface area (Å²) in [7, 11) is 0. The molecule has 0 aliphatic carbocycles. The molecule has 0 saturated carbocycles. The summed E-state index contributed by atoms with van der Waals surface area (Å²) in [4.78, 5) is 0. The van der Waals surface area contributed by atoms with E-state index in [-0.39, 0.29) is 0 Å². The van der Waals surface area contributed by atoms with Gasteiger partial charge in [-0.1, -0.05) is 6.92 Å². The van der Waals surface area contributed by atoms with Gasteiger partial charge < -0.3 is 19.5 Å². The fourth-order valence-electron chi connectivity index (χ4n) is 1.92. The summed E-state index contributed by atoms with van der Waals surface area (Å²) in [6.07, 6.45) is 3.87. The summed E-state index contributed by atoms with van der Waals surface area (Å²) in [6.45, 7) is 4.73. The number of rotatable bonds is 8. The average molecular weight is 407 g/mol. The first kappa shape index (κ1) is 20.8. The Labute approximate surface area is 168 Å². The number of nitrogens with zero attached hydrogens (tertiary/aromatic N) is 4. The number of furan rings is 2. The van der Waals surface area contributed by atoms with E-state index in [1.54, 1.807) is 12.5 Å². The van der Waals surface area contributed by atoms with Crippen LogP contribution in [-0.2, 0) is 13.1 Å². The Morgan fingerprint density at radius 3 is 1.85 bits per heavy atom. The van der Waals surface area contributed by atoms with E-state index in [4.69, 9.17) is 8.83 Å². The standard InChI is InChI=1S/C17H22N6O2S2/c1-3-15(21-23-17(27)19-11-14-7-5-9-25-14)12(2)20-22-16(26)18-10-13-6-4-8-24-13/h4-9H,3,10-11H2,1-2H3,(H2,18,22,26)(H2,19,23,27)/b20-12+,21-15+. The van der Waals surface area contributed by atoms with Crippen LogP contribution < -0.4 is 10.6 Å². The van der Waals surface area contributed by atoms with Crippen LogP contribution >= 0.6 is 25.3 Å². The van der Waals surface area contributed by atoms with Crippen molar-refractivity contribution in [2.75, 3.05) is 0 Å². The van der Waals surface area contributed by atoms with Crippen molar-refractivity contribution in [1.82, 2.24) is 10.6 Å². The number of hydrogen-bond donors (Lipinski definition) is 4. The van der Waals surface area contributed by atoms with Gasteiger partial charge in [0.15, 0.2) is 10.3 Å². The molecule has 2 aromatic heterocycles. The van der Waals surface area contributed by atoms with E-state index in [9.17, 15) is 0 Å². The molecule has 27 heavy (non-hydrogen) atoms. The van der Waals surface area contributed by atoms with E-state index in [1.807, 2.05) is 38.1 Å². The third-order valence-electron chi connectivity index (χ3n) is 3.31. The van der Waals surface area contributed by atoms with Crippen molar-refractivity contribution >= 4 is 47.0 Å². The highest BCUT2D eigenvalue weighted by atomic mass is 32.1. The van der Waals surface area contributed by atoms with Gasteiger partial charge in [0.2, 0.25) is 0 Å². The monoisotopic (exact) mass is 406 g/mol. The minimum atomic E-state index is 0.375. The lowest BCUT2D eigenvalue weighted by Crippen LogP contribution is -2.18. The van der Waals surface area contributed by atoms with E-state index < -0.39 is 0 Å². The normalized spacial score (nSPS) is 13.8. The van der Waals surface area contributed by atoms with E-state index in [0.717, 1.165) is 11.5 Å². The van der Waals surface area contributed by atoms with Crippen LogP contribution in [0.5, 0.6) is 0 Å². The van der Waals surface area contributed by atoms with E-state index in [2.05, 4.69) is 56.3 Å². The van der Waals surface area contributed by atoms with E-state index >= 15 is 0 Å². The van der Waals surface area contributed by atoms with Crippen LogP contribution in [0.3, 0.4) is 0 Å². The maximum absolute atomic E-state index is 5.23. The van der Waals surface area contributed by atoms with Crippen LogP contribution in [0.2, 0.25) is 0 Å². The fraction of sp³-hybridized carbons (Fsp3) is 0.294. The first-order valence-corrected chi connectivity index (χ1v) is 9.15. The van der Waals surface area contributed by atoms with Gasteiger partial charge in [0.25, 0.3) is 0 Å². The predicted octanol–water partition coefficient (Wildman–Crippen LogP) is 3.47. The fourth-order valence-corrected chi connectivity index (χ4v) is 2.16. The first-order valence-electron chi connectivity index (χ1n) is 8.26. The molecule has 0 saturated heterocycles. The van der Waals surface area contributed by atoms with Crippen molar-refractivity contribution in [1.29, 1.82) is 0 Å². The summed E-state index contributed by atoms with van der Waals surface area (Å²) in [5.41, 5.74) is 1.33. The van der Waals surface area contributed by atoms with Crippen LogP contribution in [0.25, 0.3) is 0 Å². The average Bonchev–Trinajstić information content (AvgIpc) is 3.37. The molecule has 0 spiro atoms. The van der Waals surface area contributed by atoms with Gasteiger partial charge in [-0.25, -0.2) is 0 Å². The maximum atomic E-state index is 5.23. The highest BCUT2D eigenvalue weighted by molar-refractivity contribution is 7.97. The molecule has 8 nitrogen and oxygen atoms in total. The molecule has 0 bridgehead atoms. The molecule has 0 aromatic carbocycles. The number of hydrogen-bond acceptors (Lipinski definition) is 6. The van der Waals surface area contributed by atoms with Crippen molar-refractivity contribution < 1.29 is 8.83 Å². The van der Waals surface area contributed by atoms with Crippen molar-refractivity contribution in [3.63, 3.8) is 0 Å². The maximum Gasteiger partial charge on any atom is 0.180 e.